The maximum atomic E-state index is 11.1. The molecule has 0 aliphatic rings. The van der Waals surface area contributed by atoms with E-state index in [0.29, 0.717) is 29.4 Å². The van der Waals surface area contributed by atoms with Crippen molar-refractivity contribution in [2.75, 3.05) is 13.7 Å². The first-order valence-corrected chi connectivity index (χ1v) is 5.75. The zero-order valence-corrected chi connectivity index (χ0v) is 10.6. The number of aromatic nitrogens is 2. The largest absolute Gasteiger partial charge is 0.497 e. The van der Waals surface area contributed by atoms with Crippen molar-refractivity contribution in [3.63, 3.8) is 0 Å². The fourth-order valence-corrected chi connectivity index (χ4v) is 1.76. The summed E-state index contributed by atoms with van der Waals surface area (Å²) in [6, 6.07) is 5.19. The Morgan fingerprint density at radius 3 is 2.89 bits per heavy atom. The third-order valence-corrected chi connectivity index (χ3v) is 2.63. The zero-order chi connectivity index (χ0) is 13.8. The fraction of sp³-hybridized carbons (Fsp3) is 0.231. The first kappa shape index (κ1) is 12.9. The van der Waals surface area contributed by atoms with Crippen LogP contribution in [-0.4, -0.2) is 35.0 Å². The van der Waals surface area contributed by atoms with Gasteiger partial charge in [0.15, 0.2) is 0 Å². The molecule has 1 aromatic heterocycles. The summed E-state index contributed by atoms with van der Waals surface area (Å²) < 4.78 is 10.6. The number of nitrogens with one attached hydrogen (secondary N) is 1. The van der Waals surface area contributed by atoms with Gasteiger partial charge < -0.3 is 14.6 Å². The average molecular weight is 262 g/mol. The summed E-state index contributed by atoms with van der Waals surface area (Å²) in [7, 11) is 1.56. The Labute approximate surface area is 110 Å². The van der Waals surface area contributed by atoms with Gasteiger partial charge in [-0.1, -0.05) is 0 Å². The topological polar surface area (TPSA) is 84.4 Å². The van der Waals surface area contributed by atoms with Crippen LogP contribution in [0.25, 0.3) is 11.3 Å². The monoisotopic (exact) mass is 262 g/mol. The average Bonchev–Trinajstić information content (AvgIpc) is 2.88. The second-order valence-electron chi connectivity index (χ2n) is 3.76. The third kappa shape index (κ3) is 2.52. The molecule has 0 aliphatic heterocycles. The summed E-state index contributed by atoms with van der Waals surface area (Å²) in [5.74, 6) is 0.152. The molecule has 2 rings (SSSR count). The van der Waals surface area contributed by atoms with Crippen molar-refractivity contribution in [2.45, 2.75) is 6.92 Å². The van der Waals surface area contributed by atoms with E-state index in [0.717, 1.165) is 0 Å². The van der Waals surface area contributed by atoms with E-state index in [1.807, 2.05) is 6.92 Å². The van der Waals surface area contributed by atoms with Gasteiger partial charge in [-0.05, 0) is 19.1 Å². The van der Waals surface area contributed by atoms with Crippen LogP contribution in [0.1, 0.15) is 17.3 Å². The van der Waals surface area contributed by atoms with Crippen LogP contribution in [0, 0.1) is 0 Å². The second-order valence-corrected chi connectivity index (χ2v) is 3.76. The third-order valence-electron chi connectivity index (χ3n) is 2.63. The van der Waals surface area contributed by atoms with E-state index in [2.05, 4.69) is 10.2 Å². The summed E-state index contributed by atoms with van der Waals surface area (Å²) in [5, 5.41) is 15.6. The Bertz CT molecular complexity index is 592. The summed E-state index contributed by atoms with van der Waals surface area (Å²) in [5.41, 5.74) is 1.15. The molecule has 1 heterocycles. The lowest BCUT2D eigenvalue weighted by atomic mass is 10.1. The molecule has 0 bridgehead atoms. The molecular weight excluding hydrogens is 248 g/mol. The maximum Gasteiger partial charge on any atom is 0.339 e. The number of hydrogen-bond donors (Lipinski definition) is 2. The number of ether oxygens (including phenoxy) is 2. The Balaban J connectivity index is 2.54. The van der Waals surface area contributed by atoms with Crippen molar-refractivity contribution in [3.8, 4) is 22.8 Å². The Morgan fingerprint density at radius 2 is 2.26 bits per heavy atom. The molecule has 0 spiro atoms. The molecule has 0 unspecified atom stereocenters. The molecule has 0 fully saturated rings. The number of carboxylic acid groups (broad SMARTS) is 1. The quantitative estimate of drug-likeness (QED) is 0.862. The highest BCUT2D eigenvalue weighted by Gasteiger charge is 2.18. The molecular formula is C13H14N2O4. The highest BCUT2D eigenvalue weighted by Crippen LogP contribution is 2.34. The second kappa shape index (κ2) is 5.43. The van der Waals surface area contributed by atoms with Gasteiger partial charge in [0.1, 0.15) is 17.1 Å². The molecule has 0 amide bonds. The van der Waals surface area contributed by atoms with Crippen LogP contribution in [0.3, 0.4) is 0 Å². The van der Waals surface area contributed by atoms with E-state index >= 15 is 0 Å². The molecule has 0 saturated heterocycles. The van der Waals surface area contributed by atoms with Gasteiger partial charge in [-0.25, -0.2) is 4.79 Å². The standard InChI is InChI=1S/C13H14N2O4/c1-3-19-11-6-8(18-2)4-5-9(11)12-10(13(16)17)7-14-15-12/h4-7H,3H2,1-2H3,(H,14,15)(H,16,17). The molecule has 0 atom stereocenters. The van der Waals surface area contributed by atoms with E-state index < -0.39 is 5.97 Å². The first-order chi connectivity index (χ1) is 9.17. The predicted molar refractivity (Wildman–Crippen MR) is 68.7 cm³/mol. The van der Waals surface area contributed by atoms with Crippen molar-refractivity contribution in [1.29, 1.82) is 0 Å². The normalized spacial score (nSPS) is 10.2. The molecule has 6 heteroatoms. The van der Waals surface area contributed by atoms with Crippen molar-refractivity contribution in [3.05, 3.63) is 30.0 Å². The van der Waals surface area contributed by atoms with Crippen LogP contribution < -0.4 is 9.47 Å². The summed E-state index contributed by atoms with van der Waals surface area (Å²) >= 11 is 0. The molecule has 0 radical (unpaired) electrons. The first-order valence-electron chi connectivity index (χ1n) is 5.75. The minimum absolute atomic E-state index is 0.103. The number of methoxy groups -OCH3 is 1. The number of aromatic carboxylic acids is 1. The van der Waals surface area contributed by atoms with Crippen molar-refractivity contribution >= 4 is 5.97 Å². The van der Waals surface area contributed by atoms with Crippen molar-refractivity contribution in [1.82, 2.24) is 10.2 Å². The van der Waals surface area contributed by atoms with Gasteiger partial charge in [0.05, 0.1) is 25.6 Å². The maximum absolute atomic E-state index is 11.1. The van der Waals surface area contributed by atoms with Gasteiger partial charge >= 0.3 is 5.97 Å². The zero-order valence-electron chi connectivity index (χ0n) is 10.6. The van der Waals surface area contributed by atoms with Crippen LogP contribution in [0.15, 0.2) is 24.4 Å². The van der Waals surface area contributed by atoms with Gasteiger partial charge in [0, 0.05) is 11.6 Å². The number of aromatic amines is 1. The lowest BCUT2D eigenvalue weighted by Gasteiger charge is -2.11. The van der Waals surface area contributed by atoms with E-state index in [4.69, 9.17) is 14.6 Å². The lowest BCUT2D eigenvalue weighted by molar-refractivity contribution is 0.0698. The van der Waals surface area contributed by atoms with Gasteiger partial charge in [0.2, 0.25) is 0 Å². The number of carbonyl (C=O) groups is 1. The Kier molecular flexibility index (Phi) is 3.70. The predicted octanol–water partition coefficient (Wildman–Crippen LogP) is 2.18. The summed E-state index contributed by atoms with van der Waals surface area (Å²) in [6.07, 6.45) is 1.28. The molecule has 1 aromatic carbocycles. The molecule has 6 nitrogen and oxygen atoms in total. The van der Waals surface area contributed by atoms with Gasteiger partial charge in [0.25, 0.3) is 0 Å². The molecule has 2 aromatic rings. The van der Waals surface area contributed by atoms with E-state index in [1.165, 1.54) is 6.20 Å². The smallest absolute Gasteiger partial charge is 0.339 e. The number of H-pyrrole nitrogens is 1. The number of nitrogens with zero attached hydrogens (tertiary/aromatic N) is 1. The lowest BCUT2D eigenvalue weighted by Crippen LogP contribution is -2.00. The Morgan fingerprint density at radius 1 is 1.47 bits per heavy atom. The number of hydrogen-bond acceptors (Lipinski definition) is 4. The molecule has 0 aliphatic carbocycles. The highest BCUT2D eigenvalue weighted by atomic mass is 16.5. The highest BCUT2D eigenvalue weighted by molar-refractivity contribution is 5.95. The minimum Gasteiger partial charge on any atom is -0.497 e. The van der Waals surface area contributed by atoms with E-state index in [-0.39, 0.29) is 5.56 Å². The van der Waals surface area contributed by atoms with Crippen LogP contribution in [-0.2, 0) is 0 Å². The molecule has 0 saturated carbocycles. The van der Waals surface area contributed by atoms with Crippen molar-refractivity contribution in [2.24, 2.45) is 0 Å². The molecule has 100 valence electrons. The van der Waals surface area contributed by atoms with Gasteiger partial charge in [-0.3, -0.25) is 5.10 Å². The molecule has 19 heavy (non-hydrogen) atoms. The van der Waals surface area contributed by atoms with E-state index in [1.54, 1.807) is 25.3 Å². The van der Waals surface area contributed by atoms with Crippen LogP contribution in [0.2, 0.25) is 0 Å². The number of carboxylic acids is 1. The minimum atomic E-state index is -1.04. The van der Waals surface area contributed by atoms with Crippen LogP contribution >= 0.6 is 0 Å². The fourth-order valence-electron chi connectivity index (χ4n) is 1.76. The van der Waals surface area contributed by atoms with Gasteiger partial charge in [-0.15, -0.1) is 0 Å². The van der Waals surface area contributed by atoms with Crippen LogP contribution in [0.5, 0.6) is 11.5 Å². The van der Waals surface area contributed by atoms with Crippen molar-refractivity contribution < 1.29 is 19.4 Å². The summed E-state index contributed by atoms with van der Waals surface area (Å²) in [4.78, 5) is 11.1. The summed E-state index contributed by atoms with van der Waals surface area (Å²) in [6.45, 7) is 2.32. The number of rotatable bonds is 5. The molecule has 2 N–H and O–H groups in total. The number of benzene rings is 1. The van der Waals surface area contributed by atoms with E-state index in [9.17, 15) is 4.79 Å². The van der Waals surface area contributed by atoms with Gasteiger partial charge in [-0.2, -0.15) is 5.10 Å². The van der Waals surface area contributed by atoms with Crippen LogP contribution in [0.4, 0.5) is 0 Å². The SMILES string of the molecule is CCOc1cc(OC)ccc1-c1[nH]ncc1C(=O)O. The Hall–Kier alpha value is -2.50.